The van der Waals surface area contributed by atoms with Crippen LogP contribution >= 0.6 is 27.5 Å². The zero-order chi connectivity index (χ0) is 29.0. The van der Waals surface area contributed by atoms with Crippen LogP contribution < -0.4 is 9.62 Å². The Morgan fingerprint density at radius 2 is 1.64 bits per heavy atom. The maximum absolute atomic E-state index is 14.0. The van der Waals surface area contributed by atoms with Crippen LogP contribution in [0.2, 0.25) is 5.02 Å². The van der Waals surface area contributed by atoms with E-state index in [2.05, 4.69) is 21.2 Å². The van der Waals surface area contributed by atoms with Crippen LogP contribution in [0.5, 0.6) is 0 Å². The number of anilines is 1. The molecular weight excluding hydrogens is 609 g/mol. The third kappa shape index (κ3) is 8.03. The summed E-state index contributed by atoms with van der Waals surface area (Å²) in [7, 11) is -4.27. The smallest absolute Gasteiger partial charge is 0.264 e. The summed E-state index contributed by atoms with van der Waals surface area (Å²) in [6, 6.07) is 17.3. The number of halogens is 3. The lowest BCUT2D eigenvalue weighted by atomic mass is 10.1. The van der Waals surface area contributed by atoms with Gasteiger partial charge in [-0.05, 0) is 75.7 Å². The Morgan fingerprint density at radius 3 is 2.21 bits per heavy atom. The molecule has 0 fully saturated rings. The van der Waals surface area contributed by atoms with Gasteiger partial charge in [-0.1, -0.05) is 57.9 Å². The third-order valence-electron chi connectivity index (χ3n) is 5.73. The van der Waals surface area contributed by atoms with Crippen molar-refractivity contribution < 1.29 is 22.4 Å². The second kappa shape index (κ2) is 12.5. The van der Waals surface area contributed by atoms with Crippen molar-refractivity contribution in [2.24, 2.45) is 0 Å². The number of hydrogen-bond acceptors (Lipinski definition) is 4. The summed E-state index contributed by atoms with van der Waals surface area (Å²) in [6.45, 7) is 6.46. The summed E-state index contributed by atoms with van der Waals surface area (Å²) in [5.74, 6) is -1.75. The molecule has 0 saturated heterocycles. The molecule has 0 spiro atoms. The van der Waals surface area contributed by atoms with Crippen LogP contribution in [0.1, 0.15) is 33.3 Å². The van der Waals surface area contributed by atoms with Gasteiger partial charge in [-0.2, -0.15) is 0 Å². The minimum atomic E-state index is -4.27. The summed E-state index contributed by atoms with van der Waals surface area (Å²) < 4.78 is 43.1. The van der Waals surface area contributed by atoms with Gasteiger partial charge in [-0.25, -0.2) is 12.8 Å². The van der Waals surface area contributed by atoms with Gasteiger partial charge in [0.25, 0.3) is 10.0 Å². The average Bonchev–Trinajstić information content (AvgIpc) is 2.87. The minimum Gasteiger partial charge on any atom is -0.350 e. The van der Waals surface area contributed by atoms with Crippen LogP contribution in [0.3, 0.4) is 0 Å². The minimum absolute atomic E-state index is 0.00832. The summed E-state index contributed by atoms with van der Waals surface area (Å²) in [5.41, 5.74) is 0.198. The number of nitrogens with one attached hydrogen (secondary N) is 1. The molecule has 39 heavy (non-hydrogen) atoms. The standard InChI is InChI=1S/C28H30BrClFN3O4S/c1-19(27(36)32-28(2,3)4)33(17-20-10-12-21(29)13-11-20)26(35)18-34(22-14-15-25(31)24(30)16-22)39(37,38)23-8-6-5-7-9-23/h5-16,19H,17-18H2,1-4H3,(H,32,36). The molecule has 1 atom stereocenters. The highest BCUT2D eigenvalue weighted by Crippen LogP contribution is 2.28. The molecule has 1 N–H and O–H groups in total. The highest BCUT2D eigenvalue weighted by atomic mass is 79.9. The lowest BCUT2D eigenvalue weighted by molar-refractivity contribution is -0.140. The molecule has 0 bridgehead atoms. The Hall–Kier alpha value is -2.95. The van der Waals surface area contributed by atoms with E-state index in [1.54, 1.807) is 37.3 Å². The first-order valence-electron chi connectivity index (χ1n) is 12.1. The summed E-state index contributed by atoms with van der Waals surface area (Å²) in [4.78, 5) is 28.2. The molecule has 0 aliphatic carbocycles. The van der Waals surface area contributed by atoms with Crippen molar-refractivity contribution in [3.8, 4) is 0 Å². The number of rotatable bonds is 9. The summed E-state index contributed by atoms with van der Waals surface area (Å²) in [6.07, 6.45) is 0. The van der Waals surface area contributed by atoms with Gasteiger partial charge in [0.05, 0.1) is 15.6 Å². The quantitative estimate of drug-likeness (QED) is 0.323. The van der Waals surface area contributed by atoms with Gasteiger partial charge in [0, 0.05) is 16.6 Å². The molecule has 7 nitrogen and oxygen atoms in total. The van der Waals surface area contributed by atoms with E-state index in [-0.39, 0.29) is 22.2 Å². The molecule has 3 rings (SSSR count). The largest absolute Gasteiger partial charge is 0.350 e. The summed E-state index contributed by atoms with van der Waals surface area (Å²) in [5, 5.41) is 2.58. The molecule has 0 aromatic heterocycles. The SMILES string of the molecule is CC(C(=O)NC(C)(C)C)N(Cc1ccc(Br)cc1)C(=O)CN(c1ccc(F)c(Cl)c1)S(=O)(=O)c1ccccc1. The van der Waals surface area contributed by atoms with Crippen molar-refractivity contribution in [2.45, 2.75) is 50.7 Å². The monoisotopic (exact) mass is 637 g/mol. The number of hydrogen-bond donors (Lipinski definition) is 1. The second-order valence-corrected chi connectivity index (χ2v) is 13.2. The molecular formula is C28H30BrClFN3O4S. The van der Waals surface area contributed by atoms with E-state index in [1.165, 1.54) is 23.1 Å². The first-order chi connectivity index (χ1) is 18.2. The van der Waals surface area contributed by atoms with Crippen LogP contribution in [-0.2, 0) is 26.2 Å². The predicted molar refractivity (Wildman–Crippen MR) is 154 cm³/mol. The fraction of sp³-hybridized carbons (Fsp3) is 0.286. The van der Waals surface area contributed by atoms with Crippen molar-refractivity contribution in [2.75, 3.05) is 10.8 Å². The van der Waals surface area contributed by atoms with Gasteiger partial charge in [0.15, 0.2) is 0 Å². The molecule has 11 heteroatoms. The zero-order valence-electron chi connectivity index (χ0n) is 22.0. The van der Waals surface area contributed by atoms with Crippen LogP contribution in [0.4, 0.5) is 10.1 Å². The fourth-order valence-electron chi connectivity index (χ4n) is 3.73. The van der Waals surface area contributed by atoms with E-state index >= 15 is 0 Å². The maximum atomic E-state index is 14.0. The van der Waals surface area contributed by atoms with Gasteiger partial charge < -0.3 is 10.2 Å². The Balaban J connectivity index is 2.04. The number of sulfonamides is 1. The number of carbonyl (C=O) groups excluding carboxylic acids is 2. The van der Waals surface area contributed by atoms with Crippen molar-refractivity contribution in [3.05, 3.63) is 93.7 Å². The van der Waals surface area contributed by atoms with Crippen molar-refractivity contribution in [1.82, 2.24) is 10.2 Å². The van der Waals surface area contributed by atoms with Crippen LogP contribution in [-0.4, -0.2) is 43.3 Å². The topological polar surface area (TPSA) is 86.8 Å². The van der Waals surface area contributed by atoms with Gasteiger partial charge in [-0.3, -0.25) is 13.9 Å². The van der Waals surface area contributed by atoms with Crippen LogP contribution in [0.25, 0.3) is 0 Å². The number of benzene rings is 3. The Bertz CT molecular complexity index is 1430. The number of amides is 2. The molecule has 3 aromatic rings. The first kappa shape index (κ1) is 30.6. The van der Waals surface area contributed by atoms with Gasteiger partial charge in [-0.15, -0.1) is 0 Å². The molecule has 0 radical (unpaired) electrons. The number of carbonyl (C=O) groups is 2. The second-order valence-electron chi connectivity index (χ2n) is 9.99. The highest BCUT2D eigenvalue weighted by Gasteiger charge is 2.33. The van der Waals surface area contributed by atoms with E-state index in [0.717, 1.165) is 26.5 Å². The Morgan fingerprint density at radius 1 is 1.03 bits per heavy atom. The van der Waals surface area contributed by atoms with E-state index < -0.39 is 45.8 Å². The molecule has 0 saturated carbocycles. The van der Waals surface area contributed by atoms with Crippen LogP contribution in [0.15, 0.2) is 82.2 Å². The van der Waals surface area contributed by atoms with Gasteiger partial charge >= 0.3 is 0 Å². The molecule has 0 aliphatic rings. The molecule has 3 aromatic carbocycles. The zero-order valence-corrected chi connectivity index (χ0v) is 25.1. The molecule has 208 valence electrons. The molecule has 0 heterocycles. The fourth-order valence-corrected chi connectivity index (χ4v) is 5.60. The van der Waals surface area contributed by atoms with E-state index in [9.17, 15) is 22.4 Å². The predicted octanol–water partition coefficient (Wildman–Crippen LogP) is 5.77. The number of nitrogens with zero attached hydrogens (tertiary/aromatic N) is 2. The Kier molecular flexibility index (Phi) is 9.79. The lowest BCUT2D eigenvalue weighted by Crippen LogP contribution is -2.54. The third-order valence-corrected chi connectivity index (χ3v) is 8.34. The maximum Gasteiger partial charge on any atom is 0.264 e. The normalized spacial score (nSPS) is 12.5. The van der Waals surface area contributed by atoms with Crippen LogP contribution in [0, 0.1) is 5.82 Å². The van der Waals surface area contributed by atoms with Gasteiger partial charge in [0.2, 0.25) is 11.8 Å². The highest BCUT2D eigenvalue weighted by molar-refractivity contribution is 9.10. The molecule has 0 aliphatic heterocycles. The summed E-state index contributed by atoms with van der Waals surface area (Å²) >= 11 is 9.36. The van der Waals surface area contributed by atoms with Gasteiger partial charge in [0.1, 0.15) is 18.4 Å². The first-order valence-corrected chi connectivity index (χ1v) is 14.7. The molecule has 2 amide bonds. The lowest BCUT2D eigenvalue weighted by Gasteiger charge is -2.33. The average molecular weight is 639 g/mol. The van der Waals surface area contributed by atoms with Crippen molar-refractivity contribution >= 4 is 55.1 Å². The molecule has 1 unspecified atom stereocenters. The van der Waals surface area contributed by atoms with E-state index in [0.29, 0.717) is 0 Å². The van der Waals surface area contributed by atoms with Crippen molar-refractivity contribution in [1.29, 1.82) is 0 Å². The van der Waals surface area contributed by atoms with E-state index in [1.807, 2.05) is 32.9 Å². The Labute approximate surface area is 242 Å². The van der Waals surface area contributed by atoms with Crippen molar-refractivity contribution in [3.63, 3.8) is 0 Å². The van der Waals surface area contributed by atoms with E-state index in [4.69, 9.17) is 11.6 Å².